The first-order valence-corrected chi connectivity index (χ1v) is 8.26. The molecule has 0 aliphatic carbocycles. The molecule has 1 aromatic carbocycles. The molecule has 1 amide bonds. The van der Waals surface area contributed by atoms with Crippen LogP contribution in [0.4, 0.5) is 20.4 Å². The van der Waals surface area contributed by atoms with E-state index in [2.05, 4.69) is 15.3 Å². The van der Waals surface area contributed by atoms with Crippen LogP contribution in [0.2, 0.25) is 0 Å². The molecule has 0 fully saturated rings. The normalized spacial score (nSPS) is 17.8. The summed E-state index contributed by atoms with van der Waals surface area (Å²) in [6.45, 7) is 4.40. The molecule has 6 nitrogen and oxygen atoms in total. The molecule has 4 rings (SSSR count). The molecule has 1 N–H and O–H groups in total. The number of carbonyl (C=O) groups excluding carboxylic acids is 1. The molecule has 1 atom stereocenters. The molecule has 2 aliphatic rings. The van der Waals surface area contributed by atoms with Gasteiger partial charge in [0.05, 0.1) is 17.2 Å². The fourth-order valence-electron chi connectivity index (χ4n) is 3.12. The molecule has 0 spiro atoms. The number of nitrogens with one attached hydrogen (secondary N) is 1. The average Bonchev–Trinajstić information content (AvgIpc) is 3.17. The third-order valence-corrected chi connectivity index (χ3v) is 4.46. The molecule has 2 aromatic rings. The standard InChI is InChI=1S/C18H16F2N4O2/c1-3-10-7-24-8-21-18-15(16(24)22-10)14(9(2)26-18)17(25)23-11-4-5-12(19)13(20)6-11/h4-6,8,10H,3,7H2,1-2H3,(H,23,25)/t10-/m1/s1. The molecule has 8 heteroatoms. The van der Waals surface area contributed by atoms with Crippen molar-refractivity contribution in [3.8, 4) is 0 Å². The first kappa shape index (κ1) is 16.4. The Morgan fingerprint density at radius 1 is 1.38 bits per heavy atom. The van der Waals surface area contributed by atoms with Gasteiger partial charge in [-0.3, -0.25) is 9.79 Å². The van der Waals surface area contributed by atoms with Crippen molar-refractivity contribution >= 4 is 29.7 Å². The Morgan fingerprint density at radius 3 is 2.92 bits per heavy atom. The van der Waals surface area contributed by atoms with E-state index in [-0.39, 0.29) is 11.7 Å². The lowest BCUT2D eigenvalue weighted by Crippen LogP contribution is -2.31. The molecule has 3 heterocycles. The monoisotopic (exact) mass is 358 g/mol. The van der Waals surface area contributed by atoms with Crippen LogP contribution in [0.1, 0.15) is 35.0 Å². The Hall–Kier alpha value is -3.03. The van der Waals surface area contributed by atoms with Gasteiger partial charge in [-0.2, -0.15) is 0 Å². The number of amides is 1. The van der Waals surface area contributed by atoms with Gasteiger partial charge in [-0.1, -0.05) is 6.92 Å². The molecule has 1 aromatic heterocycles. The van der Waals surface area contributed by atoms with Gasteiger partial charge in [0.1, 0.15) is 17.9 Å². The van der Waals surface area contributed by atoms with E-state index in [0.717, 1.165) is 18.6 Å². The second-order valence-corrected chi connectivity index (χ2v) is 6.21. The first-order chi connectivity index (χ1) is 12.5. The summed E-state index contributed by atoms with van der Waals surface area (Å²) >= 11 is 0. The Morgan fingerprint density at radius 2 is 2.19 bits per heavy atom. The van der Waals surface area contributed by atoms with Crippen LogP contribution < -0.4 is 5.32 Å². The Kier molecular flexibility index (Phi) is 3.82. The molecule has 0 saturated heterocycles. The van der Waals surface area contributed by atoms with Crippen molar-refractivity contribution < 1.29 is 18.0 Å². The Bertz CT molecular complexity index is 964. The number of furan rings is 1. The minimum atomic E-state index is -1.03. The number of carbonyl (C=O) groups is 1. The van der Waals surface area contributed by atoms with Crippen LogP contribution >= 0.6 is 0 Å². The summed E-state index contributed by atoms with van der Waals surface area (Å²) in [5, 5.41) is 2.58. The van der Waals surface area contributed by atoms with E-state index in [9.17, 15) is 13.6 Å². The smallest absolute Gasteiger partial charge is 0.260 e. The quantitative estimate of drug-likeness (QED) is 0.911. The second kappa shape index (κ2) is 6.05. The number of fused-ring (bicyclic) bond motifs is 3. The van der Waals surface area contributed by atoms with Gasteiger partial charge in [-0.25, -0.2) is 13.8 Å². The predicted octanol–water partition coefficient (Wildman–Crippen LogP) is 3.63. The number of rotatable bonds is 3. The highest BCUT2D eigenvalue weighted by atomic mass is 19.2. The van der Waals surface area contributed by atoms with E-state index in [1.165, 1.54) is 6.07 Å². The predicted molar refractivity (Wildman–Crippen MR) is 93.2 cm³/mol. The SMILES string of the molecule is CC[C@@H]1CN2C=Nc3oc(C)c(C(=O)Nc4ccc(F)c(F)c4)c3C2=N1. The zero-order valence-electron chi connectivity index (χ0n) is 14.2. The number of hydrogen-bond donors (Lipinski definition) is 1. The van der Waals surface area contributed by atoms with E-state index in [1.807, 2.05) is 11.8 Å². The number of nitrogens with zero attached hydrogens (tertiary/aromatic N) is 3. The van der Waals surface area contributed by atoms with Crippen LogP contribution in [0.3, 0.4) is 0 Å². The topological polar surface area (TPSA) is 70.2 Å². The third-order valence-electron chi connectivity index (χ3n) is 4.46. The number of benzene rings is 1. The fraction of sp³-hybridized carbons (Fsp3) is 0.278. The number of amidine groups is 1. The van der Waals surface area contributed by atoms with E-state index < -0.39 is 17.5 Å². The van der Waals surface area contributed by atoms with Crippen LogP contribution in [-0.2, 0) is 0 Å². The summed E-state index contributed by atoms with van der Waals surface area (Å²) in [5.41, 5.74) is 0.974. The van der Waals surface area contributed by atoms with E-state index >= 15 is 0 Å². The fourth-order valence-corrected chi connectivity index (χ4v) is 3.12. The molecule has 0 saturated carbocycles. The molecular weight excluding hydrogens is 342 g/mol. The van der Waals surface area contributed by atoms with Crippen molar-refractivity contribution in [1.82, 2.24) is 4.90 Å². The van der Waals surface area contributed by atoms with Crippen molar-refractivity contribution in [1.29, 1.82) is 0 Å². The van der Waals surface area contributed by atoms with Crippen molar-refractivity contribution in [2.45, 2.75) is 26.3 Å². The van der Waals surface area contributed by atoms with Crippen LogP contribution in [0.5, 0.6) is 0 Å². The number of aliphatic imine (C=N–C) groups is 2. The summed E-state index contributed by atoms with van der Waals surface area (Å²) in [7, 11) is 0. The van der Waals surface area contributed by atoms with E-state index in [1.54, 1.807) is 13.3 Å². The van der Waals surface area contributed by atoms with Crippen LogP contribution in [0.15, 0.2) is 32.6 Å². The van der Waals surface area contributed by atoms with Gasteiger partial charge < -0.3 is 14.6 Å². The molecule has 0 bridgehead atoms. The highest BCUT2D eigenvalue weighted by molar-refractivity contribution is 6.19. The van der Waals surface area contributed by atoms with Gasteiger partial charge in [0.25, 0.3) is 5.91 Å². The van der Waals surface area contributed by atoms with Gasteiger partial charge in [0, 0.05) is 18.3 Å². The third kappa shape index (κ3) is 2.58. The molecule has 2 aliphatic heterocycles. The summed E-state index contributed by atoms with van der Waals surface area (Å²) in [5.74, 6) is -1.14. The van der Waals surface area contributed by atoms with Crippen LogP contribution in [0, 0.1) is 18.6 Å². The Labute approximate surface area is 148 Å². The lowest BCUT2D eigenvalue weighted by Gasteiger charge is -2.18. The van der Waals surface area contributed by atoms with Crippen LogP contribution in [0.25, 0.3) is 0 Å². The highest BCUT2D eigenvalue weighted by Gasteiger charge is 2.35. The lowest BCUT2D eigenvalue weighted by molar-refractivity contribution is 0.102. The summed E-state index contributed by atoms with van der Waals surface area (Å²) in [4.78, 5) is 23.6. The number of aryl methyl sites for hydroxylation is 1. The van der Waals surface area contributed by atoms with Gasteiger partial charge >= 0.3 is 0 Å². The highest BCUT2D eigenvalue weighted by Crippen LogP contribution is 2.35. The summed E-state index contributed by atoms with van der Waals surface area (Å²) in [6.07, 6.45) is 2.52. The minimum Gasteiger partial charge on any atom is -0.442 e. The van der Waals surface area contributed by atoms with Gasteiger partial charge in [0.15, 0.2) is 11.6 Å². The summed E-state index contributed by atoms with van der Waals surface area (Å²) < 4.78 is 32.1. The van der Waals surface area contributed by atoms with Crippen LogP contribution in [-0.4, -0.2) is 35.6 Å². The lowest BCUT2D eigenvalue weighted by atomic mass is 10.1. The number of halogens is 2. The zero-order valence-corrected chi connectivity index (χ0v) is 14.2. The average molecular weight is 358 g/mol. The van der Waals surface area contributed by atoms with Gasteiger partial charge in [-0.05, 0) is 25.5 Å². The van der Waals surface area contributed by atoms with Gasteiger partial charge in [0.2, 0.25) is 5.88 Å². The minimum absolute atomic E-state index is 0.125. The zero-order chi connectivity index (χ0) is 18.4. The first-order valence-electron chi connectivity index (χ1n) is 8.26. The van der Waals surface area contributed by atoms with Gasteiger partial charge in [-0.15, -0.1) is 0 Å². The molecule has 26 heavy (non-hydrogen) atoms. The number of hydrogen-bond acceptors (Lipinski definition) is 5. The molecule has 134 valence electrons. The van der Waals surface area contributed by atoms with E-state index in [4.69, 9.17) is 4.42 Å². The maximum absolute atomic E-state index is 13.4. The number of anilines is 1. The Balaban J connectivity index is 1.72. The van der Waals surface area contributed by atoms with Crippen molar-refractivity contribution in [3.63, 3.8) is 0 Å². The van der Waals surface area contributed by atoms with E-state index in [0.29, 0.717) is 35.2 Å². The largest absolute Gasteiger partial charge is 0.442 e. The maximum atomic E-state index is 13.4. The van der Waals surface area contributed by atoms with Crippen molar-refractivity contribution in [2.24, 2.45) is 9.98 Å². The second-order valence-electron chi connectivity index (χ2n) is 6.21. The molecular formula is C18H16F2N4O2. The maximum Gasteiger partial charge on any atom is 0.260 e. The van der Waals surface area contributed by atoms with Crippen molar-refractivity contribution in [2.75, 3.05) is 11.9 Å². The summed E-state index contributed by atoms with van der Waals surface area (Å²) in [6, 6.07) is 3.31. The van der Waals surface area contributed by atoms with Crippen molar-refractivity contribution in [3.05, 3.63) is 46.7 Å². The molecule has 0 radical (unpaired) electrons. The molecule has 0 unspecified atom stereocenters.